The van der Waals surface area contributed by atoms with E-state index in [1.807, 2.05) is 49.4 Å². The van der Waals surface area contributed by atoms with Crippen LogP contribution < -0.4 is 4.74 Å². The fourth-order valence-corrected chi connectivity index (χ4v) is 5.27. The fourth-order valence-electron chi connectivity index (χ4n) is 5.09. The van der Waals surface area contributed by atoms with Gasteiger partial charge in [0, 0.05) is 12.0 Å². The number of benzene rings is 3. The van der Waals surface area contributed by atoms with Crippen molar-refractivity contribution in [3.63, 3.8) is 0 Å². The van der Waals surface area contributed by atoms with Crippen molar-refractivity contribution in [2.24, 2.45) is 0 Å². The Kier molecular flexibility index (Phi) is 7.79. The molecule has 0 bridgehead atoms. The molecule has 3 aromatic carbocycles. The van der Waals surface area contributed by atoms with E-state index in [1.165, 1.54) is 6.07 Å². The molecule has 1 heterocycles. The molecule has 0 spiro atoms. The maximum atomic E-state index is 13.9. The molecule has 0 aliphatic heterocycles. The van der Waals surface area contributed by atoms with E-state index < -0.39 is 5.82 Å². The second-order valence-electron chi connectivity index (χ2n) is 9.40. The summed E-state index contributed by atoms with van der Waals surface area (Å²) in [5.41, 5.74) is 5.67. The highest BCUT2D eigenvalue weighted by Gasteiger charge is 2.29. The Labute approximate surface area is 226 Å². The summed E-state index contributed by atoms with van der Waals surface area (Å²) >= 11 is 6.13. The van der Waals surface area contributed by atoms with Gasteiger partial charge in [-0.25, -0.2) is 9.37 Å². The number of aryl methyl sites for hydroxylation is 2. The third-order valence-electron chi connectivity index (χ3n) is 6.88. The normalized spacial score (nSPS) is 14.4. The number of fused-ring (bicyclic) bond motifs is 1. The van der Waals surface area contributed by atoms with Gasteiger partial charge in [-0.2, -0.15) is 0 Å². The SMILES string of the molecule is CCOC(=O)CC1CCc2cc(OCCc3nc(-c4ccccc4)oc3C)cc(-c3ccc(F)c(Cl)c3)c21. The topological polar surface area (TPSA) is 61.6 Å². The van der Waals surface area contributed by atoms with Crippen LogP contribution in [0.3, 0.4) is 0 Å². The van der Waals surface area contributed by atoms with Gasteiger partial charge in [0.15, 0.2) is 0 Å². The molecule has 38 heavy (non-hydrogen) atoms. The van der Waals surface area contributed by atoms with Crippen LogP contribution in [-0.4, -0.2) is 24.2 Å². The Morgan fingerprint density at radius 3 is 2.71 bits per heavy atom. The van der Waals surface area contributed by atoms with Crippen LogP contribution in [-0.2, 0) is 22.4 Å². The van der Waals surface area contributed by atoms with E-state index in [0.717, 1.165) is 52.1 Å². The van der Waals surface area contributed by atoms with E-state index in [9.17, 15) is 9.18 Å². The minimum Gasteiger partial charge on any atom is -0.493 e. The zero-order valence-corrected chi connectivity index (χ0v) is 22.2. The Bertz CT molecular complexity index is 1450. The first kappa shape index (κ1) is 26.0. The molecule has 0 N–H and O–H groups in total. The molecular formula is C31H29ClFNO4. The summed E-state index contributed by atoms with van der Waals surface area (Å²) in [6.07, 6.45) is 2.54. The van der Waals surface area contributed by atoms with E-state index in [4.69, 9.17) is 25.5 Å². The zero-order valence-electron chi connectivity index (χ0n) is 21.4. The van der Waals surface area contributed by atoms with Crippen molar-refractivity contribution in [3.8, 4) is 28.3 Å². The van der Waals surface area contributed by atoms with Crippen LogP contribution in [0.25, 0.3) is 22.6 Å². The number of ether oxygens (including phenoxy) is 2. The van der Waals surface area contributed by atoms with Gasteiger partial charge >= 0.3 is 5.97 Å². The van der Waals surface area contributed by atoms with Crippen molar-refractivity contribution < 1.29 is 23.1 Å². The third-order valence-corrected chi connectivity index (χ3v) is 7.17. The number of aromatic nitrogens is 1. The van der Waals surface area contributed by atoms with E-state index in [2.05, 4.69) is 4.98 Å². The number of carbonyl (C=O) groups excluding carboxylic acids is 1. The number of esters is 1. The highest BCUT2D eigenvalue weighted by molar-refractivity contribution is 6.31. The summed E-state index contributed by atoms with van der Waals surface area (Å²) < 4.78 is 31.2. The van der Waals surface area contributed by atoms with Crippen LogP contribution in [0.15, 0.2) is 65.1 Å². The molecule has 1 aliphatic carbocycles. The smallest absolute Gasteiger partial charge is 0.306 e. The molecule has 1 aromatic heterocycles. The molecule has 1 atom stereocenters. The predicted octanol–water partition coefficient (Wildman–Crippen LogP) is 7.71. The Morgan fingerprint density at radius 1 is 1.13 bits per heavy atom. The van der Waals surface area contributed by atoms with Gasteiger partial charge < -0.3 is 13.9 Å². The van der Waals surface area contributed by atoms with Crippen LogP contribution in [0.1, 0.15) is 48.3 Å². The molecule has 0 radical (unpaired) electrons. The number of hydrogen-bond acceptors (Lipinski definition) is 5. The van der Waals surface area contributed by atoms with Crippen LogP contribution in [0.2, 0.25) is 5.02 Å². The van der Waals surface area contributed by atoms with Crippen molar-refractivity contribution in [1.29, 1.82) is 0 Å². The molecule has 4 aromatic rings. The summed E-state index contributed by atoms with van der Waals surface area (Å²) in [7, 11) is 0. The monoisotopic (exact) mass is 533 g/mol. The molecule has 1 aliphatic rings. The lowest BCUT2D eigenvalue weighted by Gasteiger charge is -2.18. The highest BCUT2D eigenvalue weighted by Crippen LogP contribution is 2.44. The average molecular weight is 534 g/mol. The summed E-state index contributed by atoms with van der Waals surface area (Å²) in [6.45, 7) is 4.48. The van der Waals surface area contributed by atoms with E-state index in [1.54, 1.807) is 19.1 Å². The van der Waals surface area contributed by atoms with Crippen molar-refractivity contribution in [1.82, 2.24) is 4.98 Å². The third kappa shape index (κ3) is 5.60. The molecule has 0 amide bonds. The van der Waals surface area contributed by atoms with Gasteiger partial charge in [0.05, 0.1) is 30.4 Å². The first-order chi connectivity index (χ1) is 18.4. The van der Waals surface area contributed by atoms with E-state index >= 15 is 0 Å². The maximum Gasteiger partial charge on any atom is 0.306 e. The van der Waals surface area contributed by atoms with E-state index in [-0.39, 0.29) is 16.9 Å². The molecule has 5 nitrogen and oxygen atoms in total. The van der Waals surface area contributed by atoms with Crippen molar-refractivity contribution >= 4 is 17.6 Å². The number of rotatable bonds is 9. The van der Waals surface area contributed by atoms with Gasteiger partial charge in [0.1, 0.15) is 17.3 Å². The highest BCUT2D eigenvalue weighted by atomic mass is 35.5. The van der Waals surface area contributed by atoms with Crippen LogP contribution >= 0.6 is 11.6 Å². The van der Waals surface area contributed by atoms with Crippen molar-refractivity contribution in [2.75, 3.05) is 13.2 Å². The number of oxazole rings is 1. The summed E-state index contributed by atoms with van der Waals surface area (Å²) in [5, 5.41) is 0.0539. The Hall–Kier alpha value is -3.64. The molecular weight excluding hydrogens is 505 g/mol. The second kappa shape index (κ2) is 11.4. The van der Waals surface area contributed by atoms with Crippen LogP contribution in [0, 0.1) is 12.7 Å². The molecule has 196 valence electrons. The zero-order chi connectivity index (χ0) is 26.6. The van der Waals surface area contributed by atoms with Gasteiger partial charge in [-0.05, 0) is 91.3 Å². The predicted molar refractivity (Wildman–Crippen MR) is 145 cm³/mol. The quantitative estimate of drug-likeness (QED) is 0.206. The summed E-state index contributed by atoms with van der Waals surface area (Å²) in [6, 6.07) is 18.5. The molecule has 1 unspecified atom stereocenters. The lowest BCUT2D eigenvalue weighted by atomic mass is 9.89. The number of carbonyl (C=O) groups is 1. The minimum absolute atomic E-state index is 0.0196. The van der Waals surface area contributed by atoms with Gasteiger partial charge in [0.25, 0.3) is 0 Å². The maximum absolute atomic E-state index is 13.9. The minimum atomic E-state index is -0.472. The first-order valence-electron chi connectivity index (χ1n) is 12.8. The van der Waals surface area contributed by atoms with Gasteiger partial charge in [0.2, 0.25) is 5.89 Å². The average Bonchev–Trinajstić information content (AvgIpc) is 3.49. The van der Waals surface area contributed by atoms with Gasteiger partial charge in [-0.1, -0.05) is 35.9 Å². The lowest BCUT2D eigenvalue weighted by Crippen LogP contribution is -2.09. The number of hydrogen-bond donors (Lipinski definition) is 0. The number of nitrogens with zero attached hydrogens (tertiary/aromatic N) is 1. The van der Waals surface area contributed by atoms with E-state index in [0.29, 0.717) is 37.7 Å². The standard InChI is InChI=1S/C31H29ClFNO4/c1-3-36-29(35)17-23-10-9-22-15-24(18-25(30(22)23)21-11-12-27(33)26(32)16-21)37-14-13-28-19(2)38-31(34-28)20-7-5-4-6-8-20/h4-8,11-12,15-16,18,23H,3,9-10,13-14,17H2,1-2H3. The lowest BCUT2D eigenvalue weighted by molar-refractivity contribution is -0.143. The van der Waals surface area contributed by atoms with Crippen LogP contribution in [0.5, 0.6) is 5.75 Å². The van der Waals surface area contributed by atoms with Crippen molar-refractivity contribution in [3.05, 3.63) is 94.1 Å². The fraction of sp³-hybridized carbons (Fsp3) is 0.290. The molecule has 0 fully saturated rings. The largest absolute Gasteiger partial charge is 0.493 e. The van der Waals surface area contributed by atoms with Crippen molar-refractivity contribution in [2.45, 2.75) is 45.4 Å². The summed E-state index contributed by atoms with van der Waals surface area (Å²) in [4.78, 5) is 17.0. The molecule has 0 saturated heterocycles. The number of halogens is 2. The molecule has 5 rings (SSSR count). The van der Waals surface area contributed by atoms with Crippen LogP contribution in [0.4, 0.5) is 4.39 Å². The summed E-state index contributed by atoms with van der Waals surface area (Å²) in [5.74, 6) is 1.40. The Morgan fingerprint density at radius 2 is 1.95 bits per heavy atom. The van der Waals surface area contributed by atoms with Gasteiger partial charge in [-0.15, -0.1) is 0 Å². The van der Waals surface area contributed by atoms with Gasteiger partial charge in [-0.3, -0.25) is 4.79 Å². The molecule has 0 saturated carbocycles. The first-order valence-corrected chi connectivity index (χ1v) is 13.2. The Balaban J connectivity index is 1.39. The molecule has 7 heteroatoms. The second-order valence-corrected chi connectivity index (χ2v) is 9.81.